The minimum absolute atomic E-state index is 0.458. The molecule has 30 valence electrons. The summed E-state index contributed by atoms with van der Waals surface area (Å²) in [5, 5.41) is 0. The average molecular weight is 267 g/mol. The standard InChI is InChI=1S/C3H7O.Pb.H/c1-3(2)4;;/h3H,1-2H3;;/q-1;+1;. The first kappa shape index (κ1) is 5.88. The van der Waals surface area contributed by atoms with Gasteiger partial charge in [-0.05, 0) is 0 Å². The topological polar surface area (TPSA) is 9.23 Å². The molecular weight excluding hydrogens is 259 g/mol. The molecule has 0 rings (SSSR count). The van der Waals surface area contributed by atoms with Gasteiger partial charge in [0.25, 0.3) is 0 Å². The van der Waals surface area contributed by atoms with Crippen LogP contribution in [0.15, 0.2) is 0 Å². The fourth-order valence-electron chi connectivity index (χ4n) is 0. The van der Waals surface area contributed by atoms with E-state index in [-0.39, 0.29) is 0 Å². The third-order valence-electron chi connectivity index (χ3n) is 0.272. The Morgan fingerprint density at radius 2 is 1.80 bits per heavy atom. The van der Waals surface area contributed by atoms with Gasteiger partial charge in [-0.2, -0.15) is 0 Å². The Bertz CT molecular complexity index is 20.9. The van der Waals surface area contributed by atoms with Crippen molar-refractivity contribution in [3.63, 3.8) is 0 Å². The number of rotatable bonds is 1. The molecule has 0 bridgehead atoms. The Hall–Kier alpha value is 0.882. The summed E-state index contributed by atoms with van der Waals surface area (Å²) in [6.45, 7) is 4.08. The van der Waals surface area contributed by atoms with Crippen LogP contribution in [0, 0.1) is 0 Å². The molecule has 0 unspecified atom stereocenters. The molecule has 0 saturated carbocycles. The van der Waals surface area contributed by atoms with Crippen LogP contribution in [0.25, 0.3) is 0 Å². The molecule has 0 aliphatic rings. The van der Waals surface area contributed by atoms with Gasteiger partial charge in [0.1, 0.15) is 0 Å². The van der Waals surface area contributed by atoms with Crippen molar-refractivity contribution in [1.82, 2.24) is 0 Å². The summed E-state index contributed by atoms with van der Waals surface area (Å²) in [7, 11) is 0. The molecule has 1 nitrogen and oxygen atoms in total. The second-order valence-electron chi connectivity index (χ2n) is 1.18. The van der Waals surface area contributed by atoms with Crippen molar-refractivity contribution in [2.75, 3.05) is 0 Å². The Morgan fingerprint density at radius 1 is 1.60 bits per heavy atom. The zero-order chi connectivity index (χ0) is 4.28. The molecule has 0 aromatic carbocycles. The molecule has 0 aliphatic heterocycles. The summed E-state index contributed by atoms with van der Waals surface area (Å²) in [6.07, 6.45) is 0.458. The van der Waals surface area contributed by atoms with Gasteiger partial charge in [0.15, 0.2) is 0 Å². The van der Waals surface area contributed by atoms with Crippen molar-refractivity contribution in [3.8, 4) is 0 Å². The summed E-state index contributed by atoms with van der Waals surface area (Å²) in [6, 6.07) is 0. The van der Waals surface area contributed by atoms with E-state index in [1.807, 2.05) is 13.8 Å². The Morgan fingerprint density at radius 3 is 1.80 bits per heavy atom. The first-order valence-corrected chi connectivity index (χ1v) is 3.46. The fraction of sp³-hybridized carbons (Fsp3) is 1.00. The van der Waals surface area contributed by atoms with Gasteiger partial charge in [-0.1, -0.05) is 0 Å². The van der Waals surface area contributed by atoms with E-state index in [4.69, 9.17) is 2.69 Å². The van der Waals surface area contributed by atoms with Crippen LogP contribution in [0.4, 0.5) is 0 Å². The molecule has 0 amide bonds. The maximum atomic E-state index is 4.92. The van der Waals surface area contributed by atoms with E-state index >= 15 is 0 Å². The van der Waals surface area contributed by atoms with Crippen molar-refractivity contribution in [1.29, 1.82) is 0 Å². The van der Waals surface area contributed by atoms with E-state index in [9.17, 15) is 0 Å². The Kier molecular flexibility index (Phi) is 3.63. The van der Waals surface area contributed by atoms with Gasteiger partial charge < -0.3 is 0 Å². The molecule has 0 saturated heterocycles. The summed E-state index contributed by atoms with van der Waals surface area (Å²) in [5.41, 5.74) is 0. The minimum atomic E-state index is 0.458. The first-order valence-electron chi connectivity index (χ1n) is 1.63. The second-order valence-corrected chi connectivity index (χ2v) is 2.24. The van der Waals surface area contributed by atoms with Gasteiger partial charge in [-0.15, -0.1) is 0 Å². The van der Waals surface area contributed by atoms with Gasteiger partial charge in [-0.3, -0.25) is 0 Å². The second kappa shape index (κ2) is 3.09. The molecule has 2 heteroatoms. The van der Waals surface area contributed by atoms with E-state index in [2.05, 4.69) is 0 Å². The normalized spacial score (nSPS) is 9.60. The molecule has 0 heterocycles. The van der Waals surface area contributed by atoms with Crippen LogP contribution in [0.3, 0.4) is 0 Å². The molecule has 0 atom stereocenters. The number of hydrogen-bond donors (Lipinski definition) is 0. The molecule has 5 heavy (non-hydrogen) atoms. The van der Waals surface area contributed by atoms with E-state index in [0.717, 1.165) is 0 Å². The summed E-state index contributed by atoms with van der Waals surface area (Å²) < 4.78 is 4.92. The van der Waals surface area contributed by atoms with E-state index in [1.54, 1.807) is 0 Å². The zero-order valence-corrected chi connectivity index (χ0v) is 8.05. The molecule has 0 aromatic heterocycles. The van der Waals surface area contributed by atoms with Gasteiger partial charge in [0, 0.05) is 0 Å². The quantitative estimate of drug-likeness (QED) is 0.618. The average Bonchev–Trinajstić information content (AvgIpc) is 1.38. The first-order chi connectivity index (χ1) is 2.27. The van der Waals surface area contributed by atoms with Crippen molar-refractivity contribution >= 4 is 26.2 Å². The third kappa shape index (κ3) is 4.88. The molecule has 0 spiro atoms. The van der Waals surface area contributed by atoms with Crippen LogP contribution in [-0.4, -0.2) is 32.3 Å². The van der Waals surface area contributed by atoms with E-state index in [1.165, 1.54) is 0 Å². The van der Waals surface area contributed by atoms with Crippen LogP contribution in [-0.2, 0) is 2.69 Å². The predicted molar refractivity (Wildman–Crippen MR) is 23.4 cm³/mol. The molecule has 0 aromatic rings. The van der Waals surface area contributed by atoms with Crippen LogP contribution in [0.5, 0.6) is 0 Å². The molecular formula is C3H8OPb. The summed E-state index contributed by atoms with van der Waals surface area (Å²) in [5.74, 6) is 0. The predicted octanol–water partition coefficient (Wildman–Crippen LogP) is 0.227. The van der Waals surface area contributed by atoms with E-state index < -0.39 is 0 Å². The summed E-state index contributed by atoms with van der Waals surface area (Å²) in [4.78, 5) is 0. The van der Waals surface area contributed by atoms with Gasteiger partial charge in [0.05, 0.1) is 0 Å². The Balaban J connectivity index is 2.54. The van der Waals surface area contributed by atoms with Gasteiger partial charge in [-0.25, -0.2) is 0 Å². The van der Waals surface area contributed by atoms with Crippen molar-refractivity contribution in [2.45, 2.75) is 20.0 Å². The van der Waals surface area contributed by atoms with Crippen LogP contribution in [0.2, 0.25) is 0 Å². The maximum absolute atomic E-state index is 4.92. The van der Waals surface area contributed by atoms with Crippen molar-refractivity contribution < 1.29 is 2.69 Å². The fourth-order valence-corrected chi connectivity index (χ4v) is 0. The Labute approximate surface area is 49.0 Å². The monoisotopic (exact) mass is 268 g/mol. The van der Waals surface area contributed by atoms with Crippen molar-refractivity contribution in [2.24, 2.45) is 0 Å². The van der Waals surface area contributed by atoms with Gasteiger partial charge >= 0.3 is 48.9 Å². The SMILES string of the molecule is CC(C)[O][PbH]. The molecule has 0 fully saturated rings. The van der Waals surface area contributed by atoms with Crippen LogP contribution in [0.1, 0.15) is 13.8 Å². The summed E-state index contributed by atoms with van der Waals surface area (Å²) >= 11 is 0.708. The van der Waals surface area contributed by atoms with Gasteiger partial charge in [0.2, 0.25) is 0 Å². The molecule has 2 radical (unpaired) electrons. The molecule has 0 aliphatic carbocycles. The van der Waals surface area contributed by atoms with E-state index in [0.29, 0.717) is 32.3 Å². The van der Waals surface area contributed by atoms with Crippen LogP contribution >= 0.6 is 0 Å². The zero-order valence-electron chi connectivity index (χ0n) is 3.56. The third-order valence-corrected chi connectivity index (χ3v) is 2.39. The van der Waals surface area contributed by atoms with Crippen LogP contribution < -0.4 is 0 Å². The molecule has 0 N–H and O–H groups in total. The number of hydrogen-bond acceptors (Lipinski definition) is 1. The van der Waals surface area contributed by atoms with Crippen molar-refractivity contribution in [3.05, 3.63) is 0 Å².